The third-order valence-electron chi connectivity index (χ3n) is 2.29. The summed E-state index contributed by atoms with van der Waals surface area (Å²) in [4.78, 5) is 1.29. The van der Waals surface area contributed by atoms with Crippen LogP contribution in [0, 0.1) is 0 Å². The summed E-state index contributed by atoms with van der Waals surface area (Å²) in [5.74, 6) is 1.28. The molecule has 2 N–H and O–H groups in total. The maximum atomic E-state index is 8.88. The van der Waals surface area contributed by atoms with E-state index in [1.807, 2.05) is 12.1 Å². The van der Waals surface area contributed by atoms with Crippen molar-refractivity contribution in [2.75, 3.05) is 5.75 Å². The van der Waals surface area contributed by atoms with E-state index >= 15 is 0 Å². The standard InChI is InChI=1S/C9H11BO2S/c11-10(12)5-7-6-13-9-4-2-1-3-8(7)9/h1-4,7,11-12H,5-6H2. The van der Waals surface area contributed by atoms with Gasteiger partial charge in [0.1, 0.15) is 0 Å². The summed E-state index contributed by atoms with van der Waals surface area (Å²) >= 11 is 1.80. The van der Waals surface area contributed by atoms with E-state index in [0.717, 1.165) is 5.75 Å². The smallest absolute Gasteiger partial charge is 0.427 e. The Morgan fingerprint density at radius 3 is 2.92 bits per heavy atom. The van der Waals surface area contributed by atoms with E-state index < -0.39 is 7.12 Å². The van der Waals surface area contributed by atoms with Gasteiger partial charge in [-0.2, -0.15) is 0 Å². The van der Waals surface area contributed by atoms with E-state index in [4.69, 9.17) is 10.0 Å². The summed E-state index contributed by atoms with van der Waals surface area (Å²) in [6, 6.07) is 8.18. The molecule has 1 unspecified atom stereocenters. The minimum Gasteiger partial charge on any atom is -0.427 e. The zero-order valence-corrected chi connectivity index (χ0v) is 8.00. The SMILES string of the molecule is OB(O)CC1CSc2ccccc21. The van der Waals surface area contributed by atoms with Crippen LogP contribution in [0.5, 0.6) is 0 Å². The molecule has 1 atom stereocenters. The molecule has 0 radical (unpaired) electrons. The average molecular weight is 194 g/mol. The van der Waals surface area contributed by atoms with Crippen molar-refractivity contribution >= 4 is 18.9 Å². The van der Waals surface area contributed by atoms with Gasteiger partial charge in [-0.3, -0.25) is 0 Å². The Labute approximate surface area is 82.1 Å². The quantitative estimate of drug-likeness (QED) is 0.698. The van der Waals surface area contributed by atoms with Gasteiger partial charge in [-0.1, -0.05) is 18.2 Å². The second-order valence-electron chi connectivity index (χ2n) is 3.26. The fraction of sp³-hybridized carbons (Fsp3) is 0.333. The number of hydrogen-bond acceptors (Lipinski definition) is 3. The normalized spacial score (nSPS) is 20.0. The van der Waals surface area contributed by atoms with E-state index in [2.05, 4.69) is 12.1 Å². The van der Waals surface area contributed by atoms with E-state index in [9.17, 15) is 0 Å². The van der Waals surface area contributed by atoms with Crippen LogP contribution in [0.4, 0.5) is 0 Å². The summed E-state index contributed by atoms with van der Waals surface area (Å²) in [6.45, 7) is 0. The Morgan fingerprint density at radius 1 is 1.38 bits per heavy atom. The number of thioether (sulfide) groups is 1. The van der Waals surface area contributed by atoms with Crippen LogP contribution >= 0.6 is 11.8 Å². The Morgan fingerprint density at radius 2 is 2.15 bits per heavy atom. The topological polar surface area (TPSA) is 40.5 Å². The molecule has 13 heavy (non-hydrogen) atoms. The zero-order chi connectivity index (χ0) is 9.26. The lowest BCUT2D eigenvalue weighted by Gasteiger charge is -2.08. The highest BCUT2D eigenvalue weighted by Gasteiger charge is 2.26. The van der Waals surface area contributed by atoms with Crippen molar-refractivity contribution in [1.82, 2.24) is 0 Å². The van der Waals surface area contributed by atoms with E-state index in [-0.39, 0.29) is 0 Å². The maximum Gasteiger partial charge on any atom is 0.452 e. The Hall–Kier alpha value is -0.445. The highest BCUT2D eigenvalue weighted by atomic mass is 32.2. The molecule has 0 saturated carbocycles. The van der Waals surface area contributed by atoms with Crippen molar-refractivity contribution in [3.63, 3.8) is 0 Å². The lowest BCUT2D eigenvalue weighted by molar-refractivity contribution is 0.401. The summed E-state index contributed by atoms with van der Waals surface area (Å²) in [5.41, 5.74) is 1.26. The highest BCUT2D eigenvalue weighted by Crippen LogP contribution is 2.41. The third kappa shape index (κ3) is 1.90. The molecule has 68 valence electrons. The molecule has 0 saturated heterocycles. The molecule has 1 aliphatic heterocycles. The monoisotopic (exact) mass is 194 g/mol. The van der Waals surface area contributed by atoms with Gasteiger partial charge in [-0.25, -0.2) is 0 Å². The molecule has 1 aliphatic rings. The second-order valence-corrected chi connectivity index (χ2v) is 4.32. The first kappa shape index (κ1) is 9.12. The van der Waals surface area contributed by atoms with E-state index in [1.54, 1.807) is 11.8 Å². The Balaban J connectivity index is 2.18. The van der Waals surface area contributed by atoms with Gasteiger partial charge in [0.15, 0.2) is 0 Å². The minimum atomic E-state index is -1.18. The molecule has 0 aromatic heterocycles. The molecular weight excluding hydrogens is 183 g/mol. The van der Waals surface area contributed by atoms with Crippen LogP contribution in [0.2, 0.25) is 6.32 Å². The second kappa shape index (κ2) is 3.74. The van der Waals surface area contributed by atoms with Crippen molar-refractivity contribution in [2.24, 2.45) is 0 Å². The zero-order valence-electron chi connectivity index (χ0n) is 7.18. The molecule has 2 rings (SSSR count). The van der Waals surface area contributed by atoms with Gasteiger partial charge < -0.3 is 10.0 Å². The first-order chi connectivity index (χ1) is 6.27. The van der Waals surface area contributed by atoms with Crippen LogP contribution in [0.1, 0.15) is 11.5 Å². The predicted molar refractivity (Wildman–Crippen MR) is 54.9 cm³/mol. The Bertz CT molecular complexity index is 303. The summed E-state index contributed by atoms with van der Waals surface area (Å²) in [6.07, 6.45) is 0.448. The lowest BCUT2D eigenvalue weighted by atomic mass is 9.76. The van der Waals surface area contributed by atoms with Crippen LogP contribution in [0.15, 0.2) is 29.2 Å². The molecule has 0 amide bonds. The maximum absolute atomic E-state index is 8.88. The number of hydrogen-bond donors (Lipinski definition) is 2. The lowest BCUT2D eigenvalue weighted by Crippen LogP contribution is -2.15. The molecule has 2 nitrogen and oxygen atoms in total. The minimum absolute atomic E-state index is 0.307. The summed E-state index contributed by atoms with van der Waals surface area (Å²) < 4.78 is 0. The number of benzene rings is 1. The van der Waals surface area contributed by atoms with Crippen molar-refractivity contribution < 1.29 is 10.0 Å². The molecule has 0 fully saturated rings. The molecule has 0 bridgehead atoms. The van der Waals surface area contributed by atoms with Gasteiger partial charge in [-0.05, 0) is 23.9 Å². The highest BCUT2D eigenvalue weighted by molar-refractivity contribution is 7.99. The predicted octanol–water partition coefficient (Wildman–Crippen LogP) is 1.35. The van der Waals surface area contributed by atoms with Crippen molar-refractivity contribution in [3.05, 3.63) is 29.8 Å². The van der Waals surface area contributed by atoms with Crippen LogP contribution in [-0.2, 0) is 0 Å². The van der Waals surface area contributed by atoms with Crippen molar-refractivity contribution in [3.8, 4) is 0 Å². The van der Waals surface area contributed by atoms with Gasteiger partial charge >= 0.3 is 7.12 Å². The van der Waals surface area contributed by atoms with Crippen LogP contribution in [-0.4, -0.2) is 22.9 Å². The number of rotatable bonds is 2. The molecule has 1 aromatic rings. The summed E-state index contributed by atoms with van der Waals surface area (Å²) in [5, 5.41) is 17.8. The van der Waals surface area contributed by atoms with Gasteiger partial charge in [0.2, 0.25) is 0 Å². The van der Waals surface area contributed by atoms with Gasteiger partial charge in [-0.15, -0.1) is 11.8 Å². The summed E-state index contributed by atoms with van der Waals surface area (Å²) in [7, 11) is -1.18. The molecule has 1 aromatic carbocycles. The molecule has 4 heteroatoms. The van der Waals surface area contributed by atoms with Gasteiger partial charge in [0.05, 0.1) is 0 Å². The van der Waals surface area contributed by atoms with Crippen LogP contribution < -0.4 is 0 Å². The largest absolute Gasteiger partial charge is 0.452 e. The van der Waals surface area contributed by atoms with Crippen LogP contribution in [0.3, 0.4) is 0 Å². The van der Waals surface area contributed by atoms with E-state index in [0.29, 0.717) is 12.2 Å². The molecule has 0 spiro atoms. The van der Waals surface area contributed by atoms with Gasteiger partial charge in [0.25, 0.3) is 0 Å². The Kier molecular flexibility index (Phi) is 2.62. The van der Waals surface area contributed by atoms with Crippen molar-refractivity contribution in [1.29, 1.82) is 0 Å². The first-order valence-electron chi connectivity index (χ1n) is 4.35. The van der Waals surface area contributed by atoms with E-state index in [1.165, 1.54) is 10.5 Å². The fourth-order valence-electron chi connectivity index (χ4n) is 1.68. The van der Waals surface area contributed by atoms with Crippen molar-refractivity contribution in [2.45, 2.75) is 17.1 Å². The third-order valence-corrected chi connectivity index (χ3v) is 3.55. The van der Waals surface area contributed by atoms with Gasteiger partial charge in [0, 0.05) is 10.6 Å². The first-order valence-corrected chi connectivity index (χ1v) is 5.34. The molecule has 1 heterocycles. The average Bonchev–Trinajstić information content (AvgIpc) is 2.48. The number of fused-ring (bicyclic) bond motifs is 1. The molecular formula is C9H11BO2S. The fourth-order valence-corrected chi connectivity index (χ4v) is 2.95. The van der Waals surface area contributed by atoms with Crippen LogP contribution in [0.25, 0.3) is 0 Å². The molecule has 0 aliphatic carbocycles.